The fourth-order valence-electron chi connectivity index (χ4n) is 4.97. The summed E-state index contributed by atoms with van der Waals surface area (Å²) < 4.78 is 6.95. The van der Waals surface area contributed by atoms with Gasteiger partial charge >= 0.3 is 0 Å². The lowest BCUT2D eigenvalue weighted by molar-refractivity contribution is 0.0378. The minimum Gasteiger partial charge on any atom is -0.379 e. The Morgan fingerprint density at radius 3 is 2.78 bits per heavy atom. The van der Waals surface area contributed by atoms with Crippen LogP contribution in [0.2, 0.25) is 0 Å². The number of hydrogen-bond acceptors (Lipinski definition) is 7. The molecule has 4 aromatic rings. The van der Waals surface area contributed by atoms with Crippen LogP contribution >= 0.6 is 11.3 Å². The van der Waals surface area contributed by atoms with E-state index >= 15 is 0 Å². The van der Waals surface area contributed by atoms with Crippen molar-refractivity contribution in [3.05, 3.63) is 45.1 Å². The van der Waals surface area contributed by atoms with Gasteiger partial charge in [-0.05, 0) is 44.2 Å². The van der Waals surface area contributed by atoms with Gasteiger partial charge in [0.2, 0.25) is 0 Å². The summed E-state index contributed by atoms with van der Waals surface area (Å²) in [5, 5.41) is 11.0. The molecule has 1 N–H and O–H groups in total. The molecule has 7 nitrogen and oxygen atoms in total. The molecule has 4 heterocycles. The number of aryl methyl sites for hydroxylation is 2. The maximum Gasteiger partial charge on any atom is 0.283 e. The van der Waals surface area contributed by atoms with E-state index in [1.165, 1.54) is 21.4 Å². The quantitative estimate of drug-likeness (QED) is 0.372. The molecule has 3 aromatic heterocycles. The number of nitrogens with zero attached hydrogens (tertiary/aromatic N) is 4. The molecule has 32 heavy (non-hydrogen) atoms. The van der Waals surface area contributed by atoms with Gasteiger partial charge in [-0.3, -0.25) is 9.69 Å². The highest BCUT2D eigenvalue weighted by molar-refractivity contribution is 7.18. The van der Waals surface area contributed by atoms with Gasteiger partial charge in [-0.15, -0.1) is 16.4 Å². The van der Waals surface area contributed by atoms with Crippen LogP contribution in [0.25, 0.3) is 26.6 Å². The lowest BCUT2D eigenvalue weighted by atomic mass is 9.97. The molecule has 0 radical (unpaired) electrons. The Bertz CT molecular complexity index is 1360. The molecule has 1 aliphatic carbocycles. The first-order valence-corrected chi connectivity index (χ1v) is 12.4. The highest BCUT2D eigenvalue weighted by atomic mass is 32.1. The smallest absolute Gasteiger partial charge is 0.283 e. The molecule has 6 rings (SSSR count). The summed E-state index contributed by atoms with van der Waals surface area (Å²) in [5.41, 5.74) is 1.82. The van der Waals surface area contributed by atoms with Crippen LogP contribution in [0.15, 0.2) is 29.1 Å². The Balaban J connectivity index is 1.39. The highest BCUT2D eigenvalue weighted by Crippen LogP contribution is 2.34. The van der Waals surface area contributed by atoms with Crippen molar-refractivity contribution < 1.29 is 4.74 Å². The number of anilines is 1. The average Bonchev–Trinajstić information content (AvgIpc) is 3.22. The second-order valence-corrected chi connectivity index (χ2v) is 9.76. The summed E-state index contributed by atoms with van der Waals surface area (Å²) in [6.45, 7) is 5.48. The first kappa shape index (κ1) is 20.1. The molecule has 0 spiro atoms. The van der Waals surface area contributed by atoms with Crippen LogP contribution in [0.1, 0.15) is 29.7 Å². The van der Waals surface area contributed by atoms with Crippen LogP contribution in [-0.2, 0) is 17.6 Å². The number of benzene rings is 1. The summed E-state index contributed by atoms with van der Waals surface area (Å²) in [7, 11) is 0. The van der Waals surface area contributed by atoms with E-state index < -0.39 is 0 Å². The molecule has 2 aliphatic rings. The van der Waals surface area contributed by atoms with Crippen LogP contribution in [-0.4, -0.2) is 58.9 Å². The highest BCUT2D eigenvalue weighted by Gasteiger charge is 2.22. The number of aromatic nitrogens is 3. The third-order valence-corrected chi connectivity index (χ3v) is 7.82. The maximum atomic E-state index is 13.6. The number of nitrogens with one attached hydrogen (secondary N) is 1. The molecule has 1 fully saturated rings. The zero-order valence-corrected chi connectivity index (χ0v) is 18.9. The third-order valence-electron chi connectivity index (χ3n) is 6.64. The molecule has 8 heteroatoms. The van der Waals surface area contributed by atoms with Gasteiger partial charge < -0.3 is 10.1 Å². The van der Waals surface area contributed by atoms with Crippen molar-refractivity contribution in [2.24, 2.45) is 0 Å². The number of rotatable bonds is 5. The van der Waals surface area contributed by atoms with E-state index in [0.29, 0.717) is 5.65 Å². The SMILES string of the molecule is O=c1c2c3c(sc2nc2c4ccccc4c(NCCCN4CCOCC4)nn12)CCCC3. The van der Waals surface area contributed by atoms with E-state index in [-0.39, 0.29) is 5.56 Å². The standard InChI is InChI=1S/C24H27N5O2S/c30-24-20-18-8-3-4-9-19(18)32-23(20)26-22-17-7-2-1-6-16(17)21(27-29(22)24)25-10-5-11-28-12-14-31-15-13-28/h1-2,6-7H,3-5,8-15H2,(H,25,27). The maximum absolute atomic E-state index is 13.6. The number of ether oxygens (including phenoxy) is 1. The zero-order chi connectivity index (χ0) is 21.5. The van der Waals surface area contributed by atoms with Gasteiger partial charge in [0.25, 0.3) is 5.56 Å². The van der Waals surface area contributed by atoms with Gasteiger partial charge in [-0.25, -0.2) is 4.98 Å². The second-order valence-electron chi connectivity index (χ2n) is 8.67. The molecule has 166 valence electrons. The van der Waals surface area contributed by atoms with Crippen LogP contribution in [0, 0.1) is 0 Å². The molecule has 0 bridgehead atoms. The van der Waals surface area contributed by atoms with Crippen molar-refractivity contribution in [2.45, 2.75) is 32.1 Å². The first-order chi connectivity index (χ1) is 15.8. The van der Waals surface area contributed by atoms with E-state index in [0.717, 1.165) is 91.9 Å². The van der Waals surface area contributed by atoms with Crippen LogP contribution in [0.5, 0.6) is 0 Å². The fraction of sp³-hybridized carbons (Fsp3) is 0.458. The van der Waals surface area contributed by atoms with Gasteiger partial charge in [-0.1, -0.05) is 24.3 Å². The topological polar surface area (TPSA) is 71.8 Å². The van der Waals surface area contributed by atoms with Crippen molar-refractivity contribution in [2.75, 3.05) is 44.7 Å². The minimum absolute atomic E-state index is 0.0356. The molecular formula is C24H27N5O2S. The Kier molecular flexibility index (Phi) is 5.29. The molecule has 0 unspecified atom stereocenters. The first-order valence-electron chi connectivity index (χ1n) is 11.6. The van der Waals surface area contributed by atoms with Gasteiger partial charge in [0.05, 0.1) is 18.6 Å². The van der Waals surface area contributed by atoms with E-state index in [9.17, 15) is 4.79 Å². The van der Waals surface area contributed by atoms with Gasteiger partial charge in [0, 0.05) is 35.3 Å². The van der Waals surface area contributed by atoms with Crippen molar-refractivity contribution in [3.8, 4) is 0 Å². The molecule has 1 aliphatic heterocycles. The Hall–Kier alpha value is -2.55. The van der Waals surface area contributed by atoms with Crippen LogP contribution in [0.4, 0.5) is 5.82 Å². The fourth-order valence-corrected chi connectivity index (χ4v) is 6.22. The summed E-state index contributed by atoms with van der Waals surface area (Å²) >= 11 is 1.69. The Labute approximate surface area is 190 Å². The van der Waals surface area contributed by atoms with E-state index in [4.69, 9.17) is 14.8 Å². The Morgan fingerprint density at radius 2 is 1.91 bits per heavy atom. The molecule has 1 aromatic carbocycles. The summed E-state index contributed by atoms with van der Waals surface area (Å²) in [5.74, 6) is 0.752. The van der Waals surface area contributed by atoms with Gasteiger partial charge in [-0.2, -0.15) is 4.52 Å². The molecule has 0 saturated carbocycles. The lowest BCUT2D eigenvalue weighted by Crippen LogP contribution is -2.37. The zero-order valence-electron chi connectivity index (χ0n) is 18.1. The second kappa shape index (κ2) is 8.42. The lowest BCUT2D eigenvalue weighted by Gasteiger charge is -2.26. The molecule has 0 amide bonds. The molecular weight excluding hydrogens is 422 g/mol. The number of thiophene rings is 1. The number of hydrogen-bond donors (Lipinski definition) is 1. The predicted octanol–water partition coefficient (Wildman–Crippen LogP) is 3.47. The van der Waals surface area contributed by atoms with E-state index in [1.54, 1.807) is 11.3 Å². The van der Waals surface area contributed by atoms with Gasteiger partial charge in [0.15, 0.2) is 11.5 Å². The van der Waals surface area contributed by atoms with Crippen molar-refractivity contribution in [1.82, 2.24) is 19.5 Å². The molecule has 0 atom stereocenters. The molecule has 1 saturated heterocycles. The van der Waals surface area contributed by atoms with Crippen LogP contribution < -0.4 is 10.9 Å². The summed E-state index contributed by atoms with van der Waals surface area (Å²) in [6.07, 6.45) is 5.38. The average molecular weight is 450 g/mol. The van der Waals surface area contributed by atoms with E-state index in [1.807, 2.05) is 18.2 Å². The van der Waals surface area contributed by atoms with Crippen molar-refractivity contribution in [1.29, 1.82) is 0 Å². The number of fused-ring (bicyclic) bond motifs is 6. The van der Waals surface area contributed by atoms with Crippen LogP contribution in [0.3, 0.4) is 0 Å². The normalized spacial score (nSPS) is 17.2. The Morgan fingerprint density at radius 1 is 1.09 bits per heavy atom. The minimum atomic E-state index is -0.0356. The van der Waals surface area contributed by atoms with Crippen molar-refractivity contribution in [3.63, 3.8) is 0 Å². The van der Waals surface area contributed by atoms with Gasteiger partial charge in [0.1, 0.15) is 4.83 Å². The number of morpholine rings is 1. The largest absolute Gasteiger partial charge is 0.379 e. The summed E-state index contributed by atoms with van der Waals surface area (Å²) in [4.78, 5) is 23.1. The summed E-state index contributed by atoms with van der Waals surface area (Å²) in [6, 6.07) is 8.11. The monoisotopic (exact) mass is 449 g/mol. The van der Waals surface area contributed by atoms with E-state index in [2.05, 4.69) is 16.3 Å². The van der Waals surface area contributed by atoms with Crippen molar-refractivity contribution >= 4 is 43.8 Å². The predicted molar refractivity (Wildman–Crippen MR) is 129 cm³/mol. The third kappa shape index (κ3) is 3.46.